The second-order valence-corrected chi connectivity index (χ2v) is 5.01. The number of halogens is 1. The molecule has 2 aromatic rings. The molecule has 0 aliphatic rings. The summed E-state index contributed by atoms with van der Waals surface area (Å²) >= 11 is 6.22. The molecular formula is C15H17ClN2O2. The van der Waals surface area contributed by atoms with Crippen LogP contribution in [-0.4, -0.2) is 24.2 Å². The van der Waals surface area contributed by atoms with Crippen LogP contribution in [0.2, 0.25) is 5.15 Å². The van der Waals surface area contributed by atoms with Crippen molar-refractivity contribution in [2.45, 2.75) is 19.8 Å². The van der Waals surface area contributed by atoms with Gasteiger partial charge in [-0.2, -0.15) is 0 Å². The van der Waals surface area contributed by atoms with Gasteiger partial charge in [-0.25, -0.2) is 9.97 Å². The Morgan fingerprint density at radius 1 is 1.10 bits per heavy atom. The number of benzene rings is 1. The van der Waals surface area contributed by atoms with Crippen molar-refractivity contribution in [2.24, 2.45) is 0 Å². The van der Waals surface area contributed by atoms with Gasteiger partial charge in [-0.3, -0.25) is 0 Å². The highest BCUT2D eigenvalue weighted by atomic mass is 35.5. The summed E-state index contributed by atoms with van der Waals surface area (Å²) in [6, 6.07) is 5.60. The Hall–Kier alpha value is -1.81. The lowest BCUT2D eigenvalue weighted by molar-refractivity contribution is 0.404. The van der Waals surface area contributed by atoms with Gasteiger partial charge < -0.3 is 9.47 Å². The molecule has 0 aliphatic carbocycles. The topological polar surface area (TPSA) is 44.2 Å². The molecule has 0 atom stereocenters. The first-order valence-corrected chi connectivity index (χ1v) is 6.69. The molecule has 20 heavy (non-hydrogen) atoms. The quantitative estimate of drug-likeness (QED) is 0.801. The van der Waals surface area contributed by atoms with Crippen molar-refractivity contribution in [1.82, 2.24) is 9.97 Å². The molecule has 2 rings (SSSR count). The van der Waals surface area contributed by atoms with Crippen molar-refractivity contribution in [3.8, 4) is 22.8 Å². The minimum Gasteiger partial charge on any atom is -0.497 e. The summed E-state index contributed by atoms with van der Waals surface area (Å²) in [7, 11) is 3.26. The Morgan fingerprint density at radius 2 is 1.85 bits per heavy atom. The highest BCUT2D eigenvalue weighted by Crippen LogP contribution is 2.38. The van der Waals surface area contributed by atoms with Crippen LogP contribution in [0.4, 0.5) is 0 Å². The van der Waals surface area contributed by atoms with Crippen LogP contribution >= 0.6 is 11.6 Å². The first kappa shape index (κ1) is 14.6. The summed E-state index contributed by atoms with van der Waals surface area (Å²) in [6.45, 7) is 4.11. The molecule has 5 heteroatoms. The van der Waals surface area contributed by atoms with Crippen LogP contribution in [0.3, 0.4) is 0 Å². The zero-order chi connectivity index (χ0) is 14.7. The standard InChI is InChI=1S/C15H17ClN2O2/c1-9(2)13-14(17-8-18-15(13)16)11-7-10(19-3)5-6-12(11)20-4/h5-9H,1-4H3. The van der Waals surface area contributed by atoms with E-state index >= 15 is 0 Å². The molecule has 0 radical (unpaired) electrons. The first-order chi connectivity index (χ1) is 9.58. The van der Waals surface area contributed by atoms with Gasteiger partial charge in [-0.05, 0) is 24.1 Å². The van der Waals surface area contributed by atoms with Crippen molar-refractivity contribution >= 4 is 11.6 Å². The van der Waals surface area contributed by atoms with Crippen LogP contribution in [0.1, 0.15) is 25.3 Å². The monoisotopic (exact) mass is 292 g/mol. The summed E-state index contributed by atoms with van der Waals surface area (Å²) in [5, 5.41) is 0.467. The summed E-state index contributed by atoms with van der Waals surface area (Å²) in [5.74, 6) is 1.67. The van der Waals surface area contributed by atoms with E-state index in [0.29, 0.717) is 5.15 Å². The lowest BCUT2D eigenvalue weighted by Gasteiger charge is -2.16. The Kier molecular flexibility index (Phi) is 4.45. The van der Waals surface area contributed by atoms with Gasteiger partial charge in [0.1, 0.15) is 23.0 Å². The predicted molar refractivity (Wildman–Crippen MR) is 79.7 cm³/mol. The zero-order valence-corrected chi connectivity index (χ0v) is 12.7. The number of aromatic nitrogens is 2. The molecule has 106 valence electrons. The van der Waals surface area contributed by atoms with Crippen molar-refractivity contribution in [3.63, 3.8) is 0 Å². The third kappa shape index (κ3) is 2.70. The average Bonchev–Trinajstić information content (AvgIpc) is 2.45. The molecule has 0 N–H and O–H groups in total. The molecule has 0 bridgehead atoms. The highest BCUT2D eigenvalue weighted by Gasteiger charge is 2.18. The van der Waals surface area contributed by atoms with E-state index in [0.717, 1.165) is 28.3 Å². The van der Waals surface area contributed by atoms with Gasteiger partial charge in [-0.15, -0.1) is 0 Å². The normalized spacial score (nSPS) is 10.7. The van der Waals surface area contributed by atoms with Gasteiger partial charge >= 0.3 is 0 Å². The first-order valence-electron chi connectivity index (χ1n) is 6.31. The van der Waals surface area contributed by atoms with Gasteiger partial charge in [0.2, 0.25) is 0 Å². The minimum atomic E-state index is 0.203. The van der Waals surface area contributed by atoms with Crippen molar-refractivity contribution < 1.29 is 9.47 Å². The fourth-order valence-electron chi connectivity index (χ4n) is 2.10. The van der Waals surface area contributed by atoms with Crippen LogP contribution in [0.5, 0.6) is 11.5 Å². The SMILES string of the molecule is COc1ccc(OC)c(-c2ncnc(Cl)c2C(C)C)c1. The Balaban J connectivity index is 2.70. The largest absolute Gasteiger partial charge is 0.497 e. The Labute approximate surface area is 123 Å². The number of rotatable bonds is 4. The molecule has 0 amide bonds. The van der Waals surface area contributed by atoms with E-state index in [1.54, 1.807) is 14.2 Å². The minimum absolute atomic E-state index is 0.203. The van der Waals surface area contributed by atoms with Crippen molar-refractivity contribution in [1.29, 1.82) is 0 Å². The highest BCUT2D eigenvalue weighted by molar-refractivity contribution is 6.30. The fraction of sp³-hybridized carbons (Fsp3) is 0.333. The lowest BCUT2D eigenvalue weighted by Crippen LogP contribution is -2.00. The van der Waals surface area contributed by atoms with Gasteiger partial charge in [0.15, 0.2) is 0 Å². The van der Waals surface area contributed by atoms with Gasteiger partial charge in [0.05, 0.1) is 19.9 Å². The molecule has 0 saturated carbocycles. The number of hydrogen-bond donors (Lipinski definition) is 0. The van der Waals surface area contributed by atoms with E-state index < -0.39 is 0 Å². The summed E-state index contributed by atoms with van der Waals surface area (Å²) in [6.07, 6.45) is 1.46. The maximum absolute atomic E-state index is 6.22. The second-order valence-electron chi connectivity index (χ2n) is 4.65. The van der Waals surface area contributed by atoms with Gasteiger partial charge in [0.25, 0.3) is 0 Å². The zero-order valence-electron chi connectivity index (χ0n) is 12.0. The Morgan fingerprint density at radius 3 is 2.45 bits per heavy atom. The molecule has 1 heterocycles. The molecule has 0 fully saturated rings. The number of nitrogens with zero attached hydrogens (tertiary/aromatic N) is 2. The van der Waals surface area contributed by atoms with Crippen LogP contribution in [0.15, 0.2) is 24.5 Å². The summed E-state index contributed by atoms with van der Waals surface area (Å²) in [4.78, 5) is 8.45. The number of ether oxygens (including phenoxy) is 2. The van der Waals surface area contributed by atoms with Crippen molar-refractivity contribution in [3.05, 3.63) is 35.2 Å². The van der Waals surface area contributed by atoms with Crippen molar-refractivity contribution in [2.75, 3.05) is 14.2 Å². The van der Waals surface area contributed by atoms with E-state index in [9.17, 15) is 0 Å². The van der Waals surface area contributed by atoms with Crippen LogP contribution < -0.4 is 9.47 Å². The number of hydrogen-bond acceptors (Lipinski definition) is 4. The molecule has 0 spiro atoms. The molecular weight excluding hydrogens is 276 g/mol. The third-order valence-electron chi connectivity index (χ3n) is 3.07. The van der Waals surface area contributed by atoms with E-state index in [1.807, 2.05) is 18.2 Å². The van der Waals surface area contributed by atoms with Gasteiger partial charge in [-0.1, -0.05) is 25.4 Å². The molecule has 0 saturated heterocycles. The Bertz CT molecular complexity index is 615. The molecule has 0 unspecified atom stereocenters. The average molecular weight is 293 g/mol. The molecule has 4 nitrogen and oxygen atoms in total. The summed E-state index contributed by atoms with van der Waals surface area (Å²) < 4.78 is 10.7. The number of methoxy groups -OCH3 is 2. The van der Waals surface area contributed by atoms with E-state index in [-0.39, 0.29) is 5.92 Å². The molecule has 1 aromatic carbocycles. The second kappa shape index (κ2) is 6.09. The molecule has 1 aromatic heterocycles. The van der Waals surface area contributed by atoms with E-state index in [4.69, 9.17) is 21.1 Å². The summed E-state index contributed by atoms with van der Waals surface area (Å²) in [5.41, 5.74) is 2.52. The van der Waals surface area contributed by atoms with Crippen LogP contribution in [0.25, 0.3) is 11.3 Å². The van der Waals surface area contributed by atoms with E-state index in [1.165, 1.54) is 6.33 Å². The maximum atomic E-state index is 6.22. The maximum Gasteiger partial charge on any atom is 0.136 e. The fourth-order valence-corrected chi connectivity index (χ4v) is 2.45. The third-order valence-corrected chi connectivity index (χ3v) is 3.38. The van der Waals surface area contributed by atoms with Gasteiger partial charge in [0, 0.05) is 11.1 Å². The van der Waals surface area contributed by atoms with Crippen LogP contribution in [-0.2, 0) is 0 Å². The van der Waals surface area contributed by atoms with E-state index in [2.05, 4.69) is 23.8 Å². The molecule has 0 aliphatic heterocycles. The lowest BCUT2D eigenvalue weighted by atomic mass is 9.98. The van der Waals surface area contributed by atoms with Crippen LogP contribution in [0, 0.1) is 0 Å². The predicted octanol–water partition coefficient (Wildman–Crippen LogP) is 3.94. The smallest absolute Gasteiger partial charge is 0.136 e.